The van der Waals surface area contributed by atoms with E-state index in [0.29, 0.717) is 13.0 Å². The van der Waals surface area contributed by atoms with Gasteiger partial charge in [-0.2, -0.15) is 0 Å². The molecular weight excluding hydrogens is 429 g/mol. The van der Waals surface area contributed by atoms with Gasteiger partial charge in [0, 0.05) is 24.1 Å². The van der Waals surface area contributed by atoms with Crippen LogP contribution in [0.5, 0.6) is 5.75 Å². The van der Waals surface area contributed by atoms with E-state index in [9.17, 15) is 14.3 Å². The van der Waals surface area contributed by atoms with Gasteiger partial charge >= 0.3 is 5.97 Å². The van der Waals surface area contributed by atoms with Crippen molar-refractivity contribution >= 4 is 16.7 Å². The van der Waals surface area contributed by atoms with Crippen molar-refractivity contribution in [2.75, 3.05) is 6.54 Å². The van der Waals surface area contributed by atoms with Gasteiger partial charge < -0.3 is 15.2 Å². The van der Waals surface area contributed by atoms with Crippen LogP contribution in [0.2, 0.25) is 0 Å². The molecule has 4 nitrogen and oxygen atoms in total. The van der Waals surface area contributed by atoms with Crippen LogP contribution in [0, 0.1) is 5.82 Å². The average molecular weight is 456 g/mol. The molecule has 0 radical (unpaired) electrons. The Morgan fingerprint density at radius 1 is 1.06 bits per heavy atom. The van der Waals surface area contributed by atoms with Gasteiger partial charge in [0.15, 0.2) is 0 Å². The third-order valence-corrected chi connectivity index (χ3v) is 6.65. The lowest BCUT2D eigenvalue weighted by molar-refractivity contribution is 0.0691. The summed E-state index contributed by atoms with van der Waals surface area (Å²) >= 11 is 0. The quantitative estimate of drug-likeness (QED) is 0.358. The molecule has 172 valence electrons. The van der Waals surface area contributed by atoms with Crippen molar-refractivity contribution < 1.29 is 19.0 Å². The molecule has 2 N–H and O–H groups in total. The minimum absolute atomic E-state index is 0.0803. The number of nitrogens with one attached hydrogen (secondary N) is 1. The molecule has 34 heavy (non-hydrogen) atoms. The topological polar surface area (TPSA) is 58.6 Å². The van der Waals surface area contributed by atoms with E-state index < -0.39 is 11.8 Å². The molecule has 0 unspecified atom stereocenters. The van der Waals surface area contributed by atoms with Gasteiger partial charge in [-0.15, -0.1) is 0 Å². The third kappa shape index (κ3) is 4.27. The fraction of sp³-hybridized carbons (Fsp3) is 0.207. The van der Waals surface area contributed by atoms with Gasteiger partial charge in [-0.1, -0.05) is 66.7 Å². The minimum Gasteiger partial charge on any atom is -0.489 e. The molecule has 0 aromatic heterocycles. The highest BCUT2D eigenvalue weighted by Gasteiger charge is 2.30. The average Bonchev–Trinajstić information content (AvgIpc) is 2.86. The van der Waals surface area contributed by atoms with Crippen molar-refractivity contribution in [2.45, 2.75) is 31.4 Å². The Morgan fingerprint density at radius 3 is 2.68 bits per heavy atom. The van der Waals surface area contributed by atoms with Crippen LogP contribution >= 0.6 is 0 Å². The van der Waals surface area contributed by atoms with Crippen molar-refractivity contribution in [1.29, 1.82) is 0 Å². The Hall–Kier alpha value is -3.70. The summed E-state index contributed by atoms with van der Waals surface area (Å²) < 4.78 is 20.3. The van der Waals surface area contributed by atoms with E-state index >= 15 is 0 Å². The number of carboxylic acids is 1. The first-order chi connectivity index (χ1) is 16.5. The number of para-hydroxylation sites is 1. The second-order valence-corrected chi connectivity index (χ2v) is 8.81. The van der Waals surface area contributed by atoms with E-state index in [-0.39, 0.29) is 23.6 Å². The number of hydrogen-bond donors (Lipinski definition) is 2. The van der Waals surface area contributed by atoms with E-state index in [1.165, 1.54) is 28.5 Å². The summed E-state index contributed by atoms with van der Waals surface area (Å²) in [6.07, 6.45) is 0.549. The highest BCUT2D eigenvalue weighted by molar-refractivity contribution is 5.88. The first kappa shape index (κ1) is 22.1. The van der Waals surface area contributed by atoms with Crippen LogP contribution in [-0.2, 0) is 0 Å². The maximum absolute atomic E-state index is 14.0. The van der Waals surface area contributed by atoms with Crippen molar-refractivity contribution in [2.24, 2.45) is 0 Å². The minimum atomic E-state index is -1.26. The molecule has 1 aliphatic heterocycles. The fourth-order valence-electron chi connectivity index (χ4n) is 4.90. The van der Waals surface area contributed by atoms with Crippen molar-refractivity contribution in [3.8, 4) is 5.75 Å². The van der Waals surface area contributed by atoms with Crippen molar-refractivity contribution in [3.05, 3.63) is 113 Å². The molecule has 5 rings (SSSR count). The zero-order valence-corrected chi connectivity index (χ0v) is 18.9. The lowest BCUT2D eigenvalue weighted by Gasteiger charge is -2.33. The maximum atomic E-state index is 14.0. The van der Waals surface area contributed by atoms with Crippen LogP contribution < -0.4 is 10.1 Å². The highest BCUT2D eigenvalue weighted by Crippen LogP contribution is 2.40. The first-order valence-corrected chi connectivity index (χ1v) is 11.5. The first-order valence-electron chi connectivity index (χ1n) is 11.5. The second kappa shape index (κ2) is 9.27. The number of rotatable bonds is 6. The summed E-state index contributed by atoms with van der Waals surface area (Å²) in [5.41, 5.74) is 2.70. The van der Waals surface area contributed by atoms with Crippen LogP contribution in [0.4, 0.5) is 4.39 Å². The molecule has 0 amide bonds. The molecule has 3 atom stereocenters. The lowest BCUT2D eigenvalue weighted by Crippen LogP contribution is -2.37. The Morgan fingerprint density at radius 2 is 1.82 bits per heavy atom. The standard InChI is InChI=1S/C29H26FNO3/c1-18(22-11-6-8-19-7-2-3-9-23(19)22)31-17-21-16-25(24-10-4-5-12-28(24)34-21)20-13-14-27(30)26(15-20)29(32)33/h2-15,18,21,25,31H,16-17H2,1H3,(H,32,33)/t18-,21+,25-/m1/s1. The highest BCUT2D eigenvalue weighted by atomic mass is 19.1. The molecule has 1 aliphatic rings. The predicted molar refractivity (Wildman–Crippen MR) is 131 cm³/mol. The fourth-order valence-corrected chi connectivity index (χ4v) is 4.90. The number of fused-ring (bicyclic) bond motifs is 2. The largest absolute Gasteiger partial charge is 0.489 e. The normalized spacial score (nSPS) is 18.2. The Balaban J connectivity index is 1.39. The Kier molecular flexibility index (Phi) is 6.03. The van der Waals surface area contributed by atoms with E-state index in [0.717, 1.165) is 16.9 Å². The molecule has 4 aromatic carbocycles. The van der Waals surface area contributed by atoms with E-state index in [1.807, 2.05) is 30.3 Å². The SMILES string of the molecule is C[C@@H](NC[C@@H]1C[C@H](c2ccc(F)c(C(=O)O)c2)c2ccccc2O1)c1cccc2ccccc12. The molecule has 0 bridgehead atoms. The zero-order chi connectivity index (χ0) is 23.7. The molecule has 0 saturated heterocycles. The molecule has 0 saturated carbocycles. The summed E-state index contributed by atoms with van der Waals surface area (Å²) in [5.74, 6) is -1.28. The van der Waals surface area contributed by atoms with Gasteiger partial charge in [0.1, 0.15) is 17.7 Å². The molecule has 0 fully saturated rings. The maximum Gasteiger partial charge on any atom is 0.338 e. The van der Waals surface area contributed by atoms with E-state index in [1.54, 1.807) is 6.07 Å². The van der Waals surface area contributed by atoms with Gasteiger partial charge in [0.25, 0.3) is 0 Å². The van der Waals surface area contributed by atoms with Gasteiger partial charge in [0.05, 0.1) is 5.56 Å². The van der Waals surface area contributed by atoms with Crippen molar-refractivity contribution in [3.63, 3.8) is 0 Å². The molecule has 4 aromatic rings. The van der Waals surface area contributed by atoms with Crippen LogP contribution in [0.25, 0.3) is 10.8 Å². The molecule has 1 heterocycles. The Labute approximate surface area is 198 Å². The molecule has 0 spiro atoms. The monoisotopic (exact) mass is 455 g/mol. The summed E-state index contributed by atoms with van der Waals surface area (Å²) in [5, 5.41) is 15.5. The lowest BCUT2D eigenvalue weighted by atomic mass is 9.83. The third-order valence-electron chi connectivity index (χ3n) is 6.65. The van der Waals surface area contributed by atoms with Gasteiger partial charge in [-0.25, -0.2) is 9.18 Å². The summed E-state index contributed by atoms with van der Waals surface area (Å²) in [7, 11) is 0. The van der Waals surface area contributed by atoms with Gasteiger partial charge in [0.2, 0.25) is 0 Å². The number of aromatic carboxylic acids is 1. The summed E-state index contributed by atoms with van der Waals surface area (Å²) in [4.78, 5) is 11.5. The van der Waals surface area contributed by atoms with E-state index in [2.05, 4.69) is 48.6 Å². The number of hydrogen-bond acceptors (Lipinski definition) is 3. The number of benzene rings is 4. The smallest absolute Gasteiger partial charge is 0.338 e. The summed E-state index contributed by atoms with van der Waals surface area (Å²) in [6, 6.07) is 27.0. The number of carboxylic acid groups (broad SMARTS) is 1. The van der Waals surface area contributed by atoms with Crippen LogP contribution in [-0.4, -0.2) is 23.7 Å². The molecule has 5 heteroatoms. The van der Waals surface area contributed by atoms with Crippen LogP contribution in [0.15, 0.2) is 84.9 Å². The van der Waals surface area contributed by atoms with Crippen molar-refractivity contribution in [1.82, 2.24) is 5.32 Å². The summed E-state index contributed by atoms with van der Waals surface area (Å²) in [6.45, 7) is 2.78. The number of carbonyl (C=O) groups is 1. The molecular formula is C29H26FNO3. The van der Waals surface area contributed by atoms with Crippen LogP contribution in [0.1, 0.15) is 52.4 Å². The number of ether oxygens (including phenoxy) is 1. The second-order valence-electron chi connectivity index (χ2n) is 8.81. The van der Waals surface area contributed by atoms with Crippen LogP contribution in [0.3, 0.4) is 0 Å². The predicted octanol–water partition coefficient (Wildman–Crippen LogP) is 6.31. The number of halogens is 1. The van der Waals surface area contributed by atoms with E-state index in [4.69, 9.17) is 4.74 Å². The van der Waals surface area contributed by atoms with Gasteiger partial charge in [-0.05, 0) is 53.4 Å². The molecule has 0 aliphatic carbocycles. The zero-order valence-electron chi connectivity index (χ0n) is 18.9. The van der Waals surface area contributed by atoms with Gasteiger partial charge in [-0.3, -0.25) is 0 Å². The Bertz CT molecular complexity index is 1350.